The summed E-state index contributed by atoms with van der Waals surface area (Å²) in [6, 6.07) is 1.70. The number of carbonyl (C=O) groups is 2. The van der Waals surface area contributed by atoms with Crippen LogP contribution < -0.4 is 5.32 Å². The summed E-state index contributed by atoms with van der Waals surface area (Å²) in [6.07, 6.45) is -0.0483. The lowest BCUT2D eigenvalue weighted by molar-refractivity contribution is -0.136. The van der Waals surface area contributed by atoms with Crippen LogP contribution in [0.15, 0.2) is 11.4 Å². The van der Waals surface area contributed by atoms with Crippen molar-refractivity contribution in [3.05, 3.63) is 16.3 Å². The Balaban J connectivity index is 2.76. The first-order chi connectivity index (χ1) is 6.09. The van der Waals surface area contributed by atoms with Gasteiger partial charge in [0.1, 0.15) is 0 Å². The summed E-state index contributed by atoms with van der Waals surface area (Å²) < 4.78 is 0. The Morgan fingerprint density at radius 2 is 2.31 bits per heavy atom. The molecule has 0 bridgehead atoms. The van der Waals surface area contributed by atoms with Crippen molar-refractivity contribution in [2.75, 3.05) is 5.32 Å². The highest BCUT2D eigenvalue weighted by Gasteiger charge is 2.08. The lowest BCUT2D eigenvalue weighted by Crippen LogP contribution is -2.08. The van der Waals surface area contributed by atoms with Crippen molar-refractivity contribution >= 4 is 28.9 Å². The lowest BCUT2D eigenvalue weighted by atomic mass is 10.3. The van der Waals surface area contributed by atoms with Crippen LogP contribution in [0.1, 0.15) is 11.8 Å². The minimum Gasteiger partial charge on any atom is -0.481 e. The third kappa shape index (κ3) is 2.87. The van der Waals surface area contributed by atoms with Crippen molar-refractivity contribution in [2.45, 2.75) is 13.3 Å². The number of amides is 1. The quantitative estimate of drug-likeness (QED) is 0.771. The van der Waals surface area contributed by atoms with Crippen LogP contribution in [0.5, 0.6) is 0 Å². The van der Waals surface area contributed by atoms with Gasteiger partial charge in [-0.05, 0) is 11.4 Å². The first-order valence-electron chi connectivity index (χ1n) is 3.65. The molecule has 0 spiro atoms. The van der Waals surface area contributed by atoms with Crippen molar-refractivity contribution in [3.8, 4) is 0 Å². The Labute approximate surface area is 79.2 Å². The average Bonchev–Trinajstić information content (AvgIpc) is 2.34. The largest absolute Gasteiger partial charge is 0.481 e. The summed E-state index contributed by atoms with van der Waals surface area (Å²) in [6.45, 7) is 1.39. The van der Waals surface area contributed by atoms with Crippen molar-refractivity contribution in [1.29, 1.82) is 0 Å². The standard InChI is InChI=1S/C8H9NO3S/c1-5(10)9-6-2-3-13-7(6)4-8(11)12/h2-3H,4H2,1H3,(H,9,10)(H,11,12). The summed E-state index contributed by atoms with van der Waals surface area (Å²) in [4.78, 5) is 21.8. The van der Waals surface area contributed by atoms with E-state index in [1.54, 1.807) is 11.4 Å². The number of carbonyl (C=O) groups excluding carboxylic acids is 1. The van der Waals surface area contributed by atoms with Gasteiger partial charge >= 0.3 is 5.97 Å². The number of rotatable bonds is 3. The summed E-state index contributed by atoms with van der Waals surface area (Å²) in [7, 11) is 0. The smallest absolute Gasteiger partial charge is 0.308 e. The van der Waals surface area contributed by atoms with Crippen LogP contribution in [-0.2, 0) is 16.0 Å². The normalized spacial score (nSPS) is 9.62. The molecular weight excluding hydrogens is 190 g/mol. The van der Waals surface area contributed by atoms with Gasteiger partial charge in [-0.25, -0.2) is 0 Å². The first-order valence-corrected chi connectivity index (χ1v) is 4.53. The van der Waals surface area contributed by atoms with Crippen LogP contribution in [0.25, 0.3) is 0 Å². The van der Waals surface area contributed by atoms with Gasteiger partial charge in [0.15, 0.2) is 0 Å². The predicted octanol–water partition coefficient (Wildman–Crippen LogP) is 1.33. The number of aliphatic carboxylic acids is 1. The second-order valence-corrected chi connectivity index (χ2v) is 3.51. The van der Waals surface area contributed by atoms with E-state index in [-0.39, 0.29) is 12.3 Å². The minimum atomic E-state index is -0.894. The molecule has 0 atom stereocenters. The summed E-state index contributed by atoms with van der Waals surface area (Å²) in [5.74, 6) is -1.08. The average molecular weight is 199 g/mol. The zero-order valence-corrected chi connectivity index (χ0v) is 7.85. The van der Waals surface area contributed by atoms with Crippen molar-refractivity contribution in [2.24, 2.45) is 0 Å². The Morgan fingerprint density at radius 3 is 2.85 bits per heavy atom. The molecule has 1 aromatic heterocycles. The monoisotopic (exact) mass is 199 g/mol. The molecule has 2 N–H and O–H groups in total. The van der Waals surface area contributed by atoms with E-state index in [9.17, 15) is 9.59 Å². The zero-order valence-electron chi connectivity index (χ0n) is 7.03. The van der Waals surface area contributed by atoms with E-state index >= 15 is 0 Å². The molecule has 1 aromatic rings. The van der Waals surface area contributed by atoms with E-state index in [2.05, 4.69) is 5.32 Å². The molecule has 13 heavy (non-hydrogen) atoms. The molecule has 0 saturated heterocycles. The number of anilines is 1. The number of carboxylic acids is 1. The highest BCUT2D eigenvalue weighted by molar-refractivity contribution is 7.10. The van der Waals surface area contributed by atoms with Crippen molar-refractivity contribution in [1.82, 2.24) is 0 Å². The Bertz CT molecular complexity index is 301. The van der Waals surface area contributed by atoms with E-state index in [0.717, 1.165) is 0 Å². The summed E-state index contributed by atoms with van der Waals surface area (Å²) in [5.41, 5.74) is 0.597. The molecule has 0 unspecified atom stereocenters. The van der Waals surface area contributed by atoms with Gasteiger partial charge in [-0.15, -0.1) is 11.3 Å². The molecule has 5 heteroatoms. The Hall–Kier alpha value is -1.36. The van der Waals surface area contributed by atoms with Gasteiger partial charge in [-0.1, -0.05) is 0 Å². The zero-order chi connectivity index (χ0) is 9.84. The van der Waals surface area contributed by atoms with Gasteiger partial charge < -0.3 is 10.4 Å². The van der Waals surface area contributed by atoms with Gasteiger partial charge in [0.2, 0.25) is 5.91 Å². The fourth-order valence-electron chi connectivity index (χ4n) is 0.916. The number of carboxylic acid groups (broad SMARTS) is 1. The number of hydrogen-bond acceptors (Lipinski definition) is 3. The molecule has 0 aliphatic rings. The molecule has 0 aliphatic heterocycles. The number of thiophene rings is 1. The maximum Gasteiger partial charge on any atom is 0.308 e. The van der Waals surface area contributed by atoms with E-state index in [0.29, 0.717) is 10.6 Å². The molecule has 0 aliphatic carbocycles. The maximum atomic E-state index is 10.7. The van der Waals surface area contributed by atoms with E-state index < -0.39 is 5.97 Å². The molecule has 1 heterocycles. The number of hydrogen-bond donors (Lipinski definition) is 2. The highest BCUT2D eigenvalue weighted by atomic mass is 32.1. The Morgan fingerprint density at radius 1 is 1.62 bits per heavy atom. The van der Waals surface area contributed by atoms with Gasteiger partial charge in [-0.2, -0.15) is 0 Å². The summed E-state index contributed by atoms with van der Waals surface area (Å²) >= 11 is 1.32. The van der Waals surface area contributed by atoms with Gasteiger partial charge in [0.05, 0.1) is 12.1 Å². The highest BCUT2D eigenvalue weighted by Crippen LogP contribution is 2.22. The van der Waals surface area contributed by atoms with Crippen LogP contribution in [0.4, 0.5) is 5.69 Å². The van der Waals surface area contributed by atoms with Gasteiger partial charge in [-0.3, -0.25) is 9.59 Å². The van der Waals surface area contributed by atoms with Gasteiger partial charge in [0.25, 0.3) is 0 Å². The fraction of sp³-hybridized carbons (Fsp3) is 0.250. The molecular formula is C8H9NO3S. The van der Waals surface area contributed by atoms with Crippen LogP contribution >= 0.6 is 11.3 Å². The Kier molecular flexibility index (Phi) is 3.02. The van der Waals surface area contributed by atoms with Crippen molar-refractivity contribution in [3.63, 3.8) is 0 Å². The molecule has 0 fully saturated rings. The van der Waals surface area contributed by atoms with Crippen LogP contribution in [-0.4, -0.2) is 17.0 Å². The molecule has 1 amide bonds. The fourth-order valence-corrected chi connectivity index (χ4v) is 1.74. The van der Waals surface area contributed by atoms with Crippen LogP contribution in [0.2, 0.25) is 0 Å². The molecule has 0 saturated carbocycles. The van der Waals surface area contributed by atoms with Crippen LogP contribution in [0.3, 0.4) is 0 Å². The van der Waals surface area contributed by atoms with E-state index in [1.165, 1.54) is 18.3 Å². The molecule has 70 valence electrons. The molecule has 0 aromatic carbocycles. The molecule has 1 rings (SSSR count). The second kappa shape index (κ2) is 4.04. The van der Waals surface area contributed by atoms with Crippen LogP contribution in [0, 0.1) is 0 Å². The van der Waals surface area contributed by atoms with E-state index in [4.69, 9.17) is 5.11 Å². The minimum absolute atomic E-state index is 0.0483. The first kappa shape index (κ1) is 9.73. The summed E-state index contributed by atoms with van der Waals surface area (Å²) in [5, 5.41) is 12.9. The van der Waals surface area contributed by atoms with Gasteiger partial charge in [0, 0.05) is 11.8 Å². The van der Waals surface area contributed by atoms with E-state index in [1.807, 2.05) is 0 Å². The maximum absolute atomic E-state index is 10.7. The van der Waals surface area contributed by atoms with Crippen molar-refractivity contribution < 1.29 is 14.7 Å². The molecule has 0 radical (unpaired) electrons. The topological polar surface area (TPSA) is 66.4 Å². The third-order valence-corrected chi connectivity index (χ3v) is 2.29. The predicted molar refractivity (Wildman–Crippen MR) is 50.0 cm³/mol. The molecule has 4 nitrogen and oxygen atoms in total. The third-order valence-electron chi connectivity index (χ3n) is 1.37. The number of nitrogens with one attached hydrogen (secondary N) is 1. The SMILES string of the molecule is CC(=O)Nc1ccsc1CC(=O)O. The lowest BCUT2D eigenvalue weighted by Gasteiger charge is -2.00. The second-order valence-electron chi connectivity index (χ2n) is 2.51.